The molecule has 0 bridgehead atoms. The summed E-state index contributed by atoms with van der Waals surface area (Å²) in [5, 5.41) is 9.36. The molecule has 7 heteroatoms. The van der Waals surface area contributed by atoms with Gasteiger partial charge in [-0.2, -0.15) is 0 Å². The van der Waals surface area contributed by atoms with Crippen LogP contribution >= 0.6 is 0 Å². The van der Waals surface area contributed by atoms with Gasteiger partial charge in [-0.15, -0.1) is 0 Å². The van der Waals surface area contributed by atoms with Gasteiger partial charge < -0.3 is 9.84 Å². The molecule has 0 atom stereocenters. The fourth-order valence-electron chi connectivity index (χ4n) is 1.05. The van der Waals surface area contributed by atoms with Crippen LogP contribution in [0.2, 0.25) is 0 Å². The fourth-order valence-corrected chi connectivity index (χ4v) is 1.05. The Balaban J connectivity index is 2.45. The third kappa shape index (κ3) is 4.12. The van der Waals surface area contributed by atoms with Crippen LogP contribution in [0.25, 0.3) is 0 Å². The van der Waals surface area contributed by atoms with Gasteiger partial charge in [0.1, 0.15) is 11.3 Å². The highest BCUT2D eigenvalue weighted by Gasteiger charge is 2.13. The SMILES string of the molecule is CC(=O)NNC(=O)COC(=O)c1ccccc1O. The molecule has 0 heterocycles. The molecule has 0 unspecified atom stereocenters. The zero-order chi connectivity index (χ0) is 13.5. The van der Waals surface area contributed by atoms with Gasteiger partial charge in [0.25, 0.3) is 5.91 Å². The number of carbonyl (C=O) groups excluding carboxylic acids is 3. The van der Waals surface area contributed by atoms with Gasteiger partial charge in [-0.3, -0.25) is 20.4 Å². The fraction of sp³-hybridized carbons (Fsp3) is 0.182. The standard InChI is InChI=1S/C11H12N2O5/c1-7(14)12-13-10(16)6-18-11(17)8-4-2-3-5-9(8)15/h2-5,15H,6H2,1H3,(H,12,14)(H,13,16). The average Bonchev–Trinajstić information content (AvgIpc) is 2.34. The van der Waals surface area contributed by atoms with E-state index >= 15 is 0 Å². The quantitative estimate of drug-likeness (QED) is 0.506. The number of aromatic hydroxyl groups is 1. The summed E-state index contributed by atoms with van der Waals surface area (Å²) in [7, 11) is 0. The molecule has 0 aliphatic rings. The molecule has 1 rings (SSSR count). The van der Waals surface area contributed by atoms with Crippen LogP contribution in [0.1, 0.15) is 17.3 Å². The number of hydrogen-bond donors (Lipinski definition) is 3. The number of amides is 2. The molecule has 0 aliphatic heterocycles. The highest BCUT2D eigenvalue weighted by molar-refractivity contribution is 5.93. The van der Waals surface area contributed by atoms with Crippen molar-refractivity contribution in [3.8, 4) is 5.75 Å². The minimum absolute atomic E-state index is 0.0372. The van der Waals surface area contributed by atoms with E-state index in [1.165, 1.54) is 19.1 Å². The Morgan fingerprint density at radius 2 is 1.89 bits per heavy atom. The van der Waals surface area contributed by atoms with Gasteiger partial charge in [0.05, 0.1) is 0 Å². The molecule has 0 spiro atoms. The highest BCUT2D eigenvalue weighted by Crippen LogP contribution is 2.16. The summed E-state index contributed by atoms with van der Waals surface area (Å²) in [5.41, 5.74) is 4.03. The Morgan fingerprint density at radius 1 is 1.22 bits per heavy atom. The molecule has 0 aliphatic carbocycles. The number of carbonyl (C=O) groups is 3. The molecule has 3 N–H and O–H groups in total. The number of phenols is 1. The smallest absolute Gasteiger partial charge is 0.342 e. The van der Waals surface area contributed by atoms with E-state index in [-0.39, 0.29) is 11.3 Å². The summed E-state index contributed by atoms with van der Waals surface area (Å²) in [6.07, 6.45) is 0. The number of ether oxygens (including phenoxy) is 1. The van der Waals surface area contributed by atoms with Crippen molar-refractivity contribution in [2.24, 2.45) is 0 Å². The van der Waals surface area contributed by atoms with Crippen molar-refractivity contribution >= 4 is 17.8 Å². The van der Waals surface area contributed by atoms with Crippen LogP contribution in [0.5, 0.6) is 5.75 Å². The summed E-state index contributed by atoms with van der Waals surface area (Å²) in [5.74, 6) is -2.19. The molecule has 0 saturated heterocycles. The maximum Gasteiger partial charge on any atom is 0.342 e. The molecule has 2 amide bonds. The van der Waals surface area contributed by atoms with Crippen molar-refractivity contribution in [3.05, 3.63) is 29.8 Å². The predicted octanol–water partition coefficient (Wildman–Crippen LogP) is -0.284. The second-order valence-electron chi connectivity index (χ2n) is 3.32. The van der Waals surface area contributed by atoms with Gasteiger partial charge in [-0.05, 0) is 12.1 Å². The minimum Gasteiger partial charge on any atom is -0.507 e. The van der Waals surface area contributed by atoms with E-state index in [1.54, 1.807) is 12.1 Å². The van der Waals surface area contributed by atoms with E-state index in [4.69, 9.17) is 0 Å². The first-order valence-corrected chi connectivity index (χ1v) is 5.01. The molecule has 1 aromatic rings. The number of para-hydroxylation sites is 1. The number of hydrogen-bond acceptors (Lipinski definition) is 5. The van der Waals surface area contributed by atoms with Gasteiger partial charge in [0.15, 0.2) is 6.61 Å². The van der Waals surface area contributed by atoms with Crippen LogP contribution in [-0.2, 0) is 14.3 Å². The number of benzene rings is 1. The van der Waals surface area contributed by atoms with Crippen LogP contribution in [0.4, 0.5) is 0 Å². The van der Waals surface area contributed by atoms with Gasteiger partial charge in [-0.25, -0.2) is 4.79 Å². The van der Waals surface area contributed by atoms with Gasteiger partial charge in [0, 0.05) is 6.92 Å². The third-order valence-corrected chi connectivity index (χ3v) is 1.84. The lowest BCUT2D eigenvalue weighted by molar-refractivity contribution is -0.129. The zero-order valence-electron chi connectivity index (χ0n) is 9.60. The minimum atomic E-state index is -0.828. The Labute approximate surface area is 103 Å². The van der Waals surface area contributed by atoms with Crippen LogP contribution in [0.15, 0.2) is 24.3 Å². The number of phenolic OH excluding ortho intramolecular Hbond substituents is 1. The summed E-state index contributed by atoms with van der Waals surface area (Å²) in [6.45, 7) is 0.655. The van der Waals surface area contributed by atoms with Gasteiger partial charge >= 0.3 is 5.97 Å². The maximum absolute atomic E-state index is 11.5. The first-order chi connectivity index (χ1) is 8.50. The molecule has 0 fully saturated rings. The van der Waals surface area contributed by atoms with Crippen molar-refractivity contribution in [1.29, 1.82) is 0 Å². The van der Waals surface area contributed by atoms with E-state index in [1.807, 2.05) is 10.9 Å². The molecular formula is C11H12N2O5. The third-order valence-electron chi connectivity index (χ3n) is 1.84. The van der Waals surface area contributed by atoms with Gasteiger partial charge in [-0.1, -0.05) is 12.1 Å². The number of nitrogens with one attached hydrogen (secondary N) is 2. The number of rotatable bonds is 3. The van der Waals surface area contributed by atoms with Crippen molar-refractivity contribution in [3.63, 3.8) is 0 Å². The Hall–Kier alpha value is -2.57. The summed E-state index contributed by atoms with van der Waals surface area (Å²) in [4.78, 5) is 33.0. The highest BCUT2D eigenvalue weighted by atomic mass is 16.5. The van der Waals surface area contributed by atoms with E-state index in [0.29, 0.717) is 0 Å². The monoisotopic (exact) mass is 252 g/mol. The van der Waals surface area contributed by atoms with Crippen molar-refractivity contribution in [1.82, 2.24) is 10.9 Å². The normalized spacial score (nSPS) is 9.39. The van der Waals surface area contributed by atoms with E-state index < -0.39 is 24.4 Å². The Morgan fingerprint density at radius 3 is 2.50 bits per heavy atom. The topological polar surface area (TPSA) is 105 Å². The van der Waals surface area contributed by atoms with Gasteiger partial charge in [0.2, 0.25) is 5.91 Å². The Kier molecular flexibility index (Phi) is 4.67. The first kappa shape index (κ1) is 13.5. The lowest BCUT2D eigenvalue weighted by Crippen LogP contribution is -2.42. The van der Waals surface area contributed by atoms with Crippen molar-refractivity contribution < 1.29 is 24.2 Å². The number of esters is 1. The molecule has 1 aromatic carbocycles. The average molecular weight is 252 g/mol. The zero-order valence-corrected chi connectivity index (χ0v) is 9.60. The van der Waals surface area contributed by atoms with E-state index in [0.717, 1.165) is 0 Å². The van der Waals surface area contributed by atoms with Crippen molar-refractivity contribution in [2.75, 3.05) is 6.61 Å². The Bertz CT molecular complexity index is 472. The van der Waals surface area contributed by atoms with Crippen LogP contribution < -0.4 is 10.9 Å². The van der Waals surface area contributed by atoms with E-state index in [2.05, 4.69) is 4.74 Å². The van der Waals surface area contributed by atoms with E-state index in [9.17, 15) is 19.5 Å². The molecule has 96 valence electrons. The molecule has 0 saturated carbocycles. The van der Waals surface area contributed by atoms with Crippen LogP contribution in [0.3, 0.4) is 0 Å². The summed E-state index contributed by atoms with van der Waals surface area (Å²) in [6, 6.07) is 5.79. The van der Waals surface area contributed by atoms with Crippen LogP contribution in [-0.4, -0.2) is 29.5 Å². The largest absolute Gasteiger partial charge is 0.507 e. The first-order valence-electron chi connectivity index (χ1n) is 5.01. The lowest BCUT2D eigenvalue weighted by Gasteiger charge is -2.07. The maximum atomic E-state index is 11.5. The number of hydrazine groups is 1. The van der Waals surface area contributed by atoms with Crippen LogP contribution in [0, 0.1) is 0 Å². The molecule has 18 heavy (non-hydrogen) atoms. The summed E-state index contributed by atoms with van der Waals surface area (Å²) >= 11 is 0. The molecule has 7 nitrogen and oxygen atoms in total. The lowest BCUT2D eigenvalue weighted by atomic mass is 10.2. The molecular weight excluding hydrogens is 240 g/mol. The second-order valence-corrected chi connectivity index (χ2v) is 3.32. The predicted molar refractivity (Wildman–Crippen MR) is 60.3 cm³/mol. The van der Waals surface area contributed by atoms with Crippen molar-refractivity contribution in [2.45, 2.75) is 6.92 Å². The summed E-state index contributed by atoms with van der Waals surface area (Å²) < 4.78 is 4.64. The molecule has 0 aromatic heterocycles. The molecule has 0 radical (unpaired) electrons. The second kappa shape index (κ2) is 6.24.